The van der Waals surface area contributed by atoms with Crippen LogP contribution in [0.1, 0.15) is 18.9 Å². The van der Waals surface area contributed by atoms with E-state index in [9.17, 15) is 19.1 Å². The van der Waals surface area contributed by atoms with Crippen molar-refractivity contribution in [2.45, 2.75) is 19.4 Å². The third-order valence-electron chi connectivity index (χ3n) is 3.58. The minimum Gasteiger partial charge on any atom is -0.480 e. The number of halogens is 1. The van der Waals surface area contributed by atoms with Crippen LogP contribution >= 0.6 is 0 Å². The summed E-state index contributed by atoms with van der Waals surface area (Å²) in [4.78, 5) is 24.6. The fourth-order valence-electron chi connectivity index (χ4n) is 2.48. The van der Waals surface area contributed by atoms with Crippen molar-refractivity contribution in [2.24, 2.45) is 5.92 Å². The van der Waals surface area contributed by atoms with Crippen LogP contribution in [0.15, 0.2) is 18.2 Å². The molecular formula is C14H14FN3O3. The number of benzene rings is 1. The van der Waals surface area contributed by atoms with Crippen LogP contribution in [0.3, 0.4) is 0 Å². The molecule has 0 radical (unpaired) electrons. The van der Waals surface area contributed by atoms with Gasteiger partial charge in [0.05, 0.1) is 5.69 Å². The Hall–Kier alpha value is -2.62. The molecule has 6 nitrogen and oxygen atoms in total. The van der Waals surface area contributed by atoms with E-state index in [1.54, 1.807) is 13.0 Å². The molecule has 1 saturated heterocycles. The van der Waals surface area contributed by atoms with Gasteiger partial charge in [-0.15, -0.1) is 0 Å². The molecule has 2 amide bonds. The zero-order chi connectivity index (χ0) is 15.6. The highest BCUT2D eigenvalue weighted by molar-refractivity contribution is 5.94. The molecule has 2 rings (SSSR count). The second-order valence-electron chi connectivity index (χ2n) is 4.95. The summed E-state index contributed by atoms with van der Waals surface area (Å²) in [6, 6.07) is 4.00. The number of nitriles is 1. The van der Waals surface area contributed by atoms with Crippen molar-refractivity contribution >= 4 is 17.7 Å². The van der Waals surface area contributed by atoms with Crippen LogP contribution < -0.4 is 5.32 Å². The molecule has 0 spiro atoms. The molecule has 1 fully saturated rings. The maximum atomic E-state index is 13.5. The van der Waals surface area contributed by atoms with Crippen LogP contribution in [0, 0.1) is 23.1 Å². The standard InChI is InChI=1S/C14H14FN3O3/c1-8-5-6-18(12(8)13(19)20)14(21)17-11-4-2-3-10(15)9(11)7-16/h2-4,8,12H,5-6H2,1H3,(H,17,21)(H,19,20). The van der Waals surface area contributed by atoms with E-state index in [1.165, 1.54) is 17.0 Å². The van der Waals surface area contributed by atoms with Crippen LogP contribution in [0.5, 0.6) is 0 Å². The van der Waals surface area contributed by atoms with Gasteiger partial charge >= 0.3 is 12.0 Å². The van der Waals surface area contributed by atoms with Crippen LogP contribution in [0.4, 0.5) is 14.9 Å². The molecule has 0 aliphatic carbocycles. The molecule has 110 valence electrons. The highest BCUT2D eigenvalue weighted by Gasteiger charge is 2.39. The number of amides is 2. The van der Waals surface area contributed by atoms with Crippen LogP contribution in [-0.4, -0.2) is 34.6 Å². The Morgan fingerprint density at radius 2 is 2.24 bits per heavy atom. The van der Waals surface area contributed by atoms with Gasteiger partial charge in [-0.3, -0.25) is 0 Å². The minimum atomic E-state index is -1.07. The van der Waals surface area contributed by atoms with E-state index in [0.717, 1.165) is 6.07 Å². The normalized spacial score (nSPS) is 20.9. The maximum Gasteiger partial charge on any atom is 0.326 e. The van der Waals surface area contributed by atoms with Gasteiger partial charge in [-0.05, 0) is 24.5 Å². The number of carboxylic acids is 1. The maximum absolute atomic E-state index is 13.5. The Kier molecular flexibility index (Phi) is 4.08. The number of carboxylic acid groups (broad SMARTS) is 1. The third-order valence-corrected chi connectivity index (χ3v) is 3.58. The summed E-state index contributed by atoms with van der Waals surface area (Å²) in [5.74, 6) is -1.97. The summed E-state index contributed by atoms with van der Waals surface area (Å²) in [7, 11) is 0. The molecule has 1 aromatic rings. The number of hydrogen-bond acceptors (Lipinski definition) is 3. The highest BCUT2D eigenvalue weighted by Crippen LogP contribution is 2.26. The van der Waals surface area contributed by atoms with Gasteiger partial charge in [-0.25, -0.2) is 14.0 Å². The second-order valence-corrected chi connectivity index (χ2v) is 4.95. The zero-order valence-corrected chi connectivity index (χ0v) is 11.3. The Labute approximate surface area is 120 Å². The van der Waals surface area contributed by atoms with Crippen LogP contribution in [0.25, 0.3) is 0 Å². The van der Waals surface area contributed by atoms with Gasteiger partial charge in [0.25, 0.3) is 0 Å². The summed E-state index contributed by atoms with van der Waals surface area (Å²) in [5, 5.41) is 20.5. The van der Waals surface area contributed by atoms with E-state index in [0.29, 0.717) is 13.0 Å². The van der Waals surface area contributed by atoms with Gasteiger partial charge < -0.3 is 15.3 Å². The van der Waals surface area contributed by atoms with Crippen molar-refractivity contribution in [3.8, 4) is 6.07 Å². The van der Waals surface area contributed by atoms with Gasteiger partial charge in [0.1, 0.15) is 23.5 Å². The largest absolute Gasteiger partial charge is 0.480 e. The SMILES string of the molecule is CC1CCN(C(=O)Nc2cccc(F)c2C#N)C1C(=O)O. The first kappa shape index (κ1) is 14.8. The van der Waals surface area contributed by atoms with Gasteiger partial charge in [-0.1, -0.05) is 13.0 Å². The van der Waals surface area contributed by atoms with Gasteiger partial charge in [0.15, 0.2) is 0 Å². The van der Waals surface area contributed by atoms with Crippen molar-refractivity contribution in [3.05, 3.63) is 29.6 Å². The summed E-state index contributed by atoms with van der Waals surface area (Å²) in [6.07, 6.45) is 0.582. The number of anilines is 1. The first-order valence-electron chi connectivity index (χ1n) is 6.44. The van der Waals surface area contributed by atoms with Crippen LogP contribution in [-0.2, 0) is 4.79 Å². The molecule has 7 heteroatoms. The lowest BCUT2D eigenvalue weighted by Gasteiger charge is -2.23. The number of urea groups is 1. The van der Waals surface area contributed by atoms with Crippen molar-refractivity contribution in [2.75, 3.05) is 11.9 Å². The molecule has 21 heavy (non-hydrogen) atoms. The molecule has 0 bridgehead atoms. The van der Waals surface area contributed by atoms with Crippen LogP contribution in [0.2, 0.25) is 0 Å². The lowest BCUT2D eigenvalue weighted by molar-refractivity contribution is -0.142. The molecule has 2 N–H and O–H groups in total. The van der Waals surface area contributed by atoms with Crippen molar-refractivity contribution in [3.63, 3.8) is 0 Å². The number of likely N-dealkylation sites (tertiary alicyclic amines) is 1. The summed E-state index contributed by atoms with van der Waals surface area (Å²) >= 11 is 0. The first-order chi connectivity index (χ1) is 9.95. The summed E-state index contributed by atoms with van der Waals surface area (Å²) in [5.41, 5.74) is -0.240. The number of carbonyl (C=O) groups is 2. The smallest absolute Gasteiger partial charge is 0.326 e. The average molecular weight is 291 g/mol. The average Bonchev–Trinajstić information content (AvgIpc) is 2.81. The van der Waals surface area contributed by atoms with Gasteiger partial charge in [-0.2, -0.15) is 5.26 Å². The van der Waals surface area contributed by atoms with Crippen molar-refractivity contribution < 1.29 is 19.1 Å². The minimum absolute atomic E-state index is 0.0335. The number of carbonyl (C=O) groups excluding carboxylic acids is 1. The fraction of sp³-hybridized carbons (Fsp3) is 0.357. The van der Waals surface area contributed by atoms with Crippen molar-refractivity contribution in [1.82, 2.24) is 4.90 Å². The number of nitrogens with zero attached hydrogens (tertiary/aromatic N) is 2. The molecule has 1 aromatic carbocycles. The molecule has 0 saturated carbocycles. The van der Waals surface area contributed by atoms with E-state index in [2.05, 4.69) is 5.32 Å². The molecule has 1 aliphatic heterocycles. The number of rotatable bonds is 2. The van der Waals surface area contributed by atoms with E-state index in [1.807, 2.05) is 0 Å². The monoisotopic (exact) mass is 291 g/mol. The molecule has 0 aromatic heterocycles. The lowest BCUT2D eigenvalue weighted by atomic mass is 10.0. The Morgan fingerprint density at radius 1 is 1.52 bits per heavy atom. The summed E-state index contributed by atoms with van der Waals surface area (Å²) in [6.45, 7) is 2.07. The molecule has 2 unspecified atom stereocenters. The molecular weight excluding hydrogens is 277 g/mol. The molecule has 1 aliphatic rings. The van der Waals surface area contributed by atoms with E-state index in [-0.39, 0.29) is 17.2 Å². The Bertz CT molecular complexity index is 626. The molecule has 1 heterocycles. The topological polar surface area (TPSA) is 93.4 Å². The zero-order valence-electron chi connectivity index (χ0n) is 11.3. The van der Waals surface area contributed by atoms with E-state index in [4.69, 9.17) is 5.26 Å². The number of nitrogens with one attached hydrogen (secondary N) is 1. The predicted molar refractivity (Wildman–Crippen MR) is 72.0 cm³/mol. The number of aliphatic carboxylic acids is 1. The van der Waals surface area contributed by atoms with Crippen molar-refractivity contribution in [1.29, 1.82) is 5.26 Å². The Morgan fingerprint density at radius 3 is 2.86 bits per heavy atom. The second kappa shape index (κ2) is 5.79. The van der Waals surface area contributed by atoms with Gasteiger partial charge in [0.2, 0.25) is 0 Å². The first-order valence-corrected chi connectivity index (χ1v) is 6.44. The molecule has 2 atom stereocenters. The summed E-state index contributed by atoms with van der Waals surface area (Å²) < 4.78 is 13.5. The van der Waals surface area contributed by atoms with Gasteiger partial charge in [0, 0.05) is 6.54 Å². The number of hydrogen-bond donors (Lipinski definition) is 2. The van der Waals surface area contributed by atoms with E-state index < -0.39 is 23.9 Å². The fourth-order valence-corrected chi connectivity index (χ4v) is 2.48. The third kappa shape index (κ3) is 2.79. The Balaban J connectivity index is 2.21. The lowest BCUT2D eigenvalue weighted by Crippen LogP contribution is -2.44. The predicted octanol–water partition coefficient (Wildman–Crippen LogP) is 2.02. The quantitative estimate of drug-likeness (QED) is 0.871. The van der Waals surface area contributed by atoms with E-state index >= 15 is 0 Å². The highest BCUT2D eigenvalue weighted by atomic mass is 19.1.